The van der Waals surface area contributed by atoms with Crippen LogP contribution in [0.4, 0.5) is 0 Å². The van der Waals surface area contributed by atoms with E-state index < -0.39 is 37.9 Å². The molecular formula is C23H33N3O5Si. The lowest BCUT2D eigenvalue weighted by Gasteiger charge is -2.37. The molecule has 0 saturated carbocycles. The van der Waals surface area contributed by atoms with Gasteiger partial charge in [0, 0.05) is 17.3 Å². The summed E-state index contributed by atoms with van der Waals surface area (Å²) in [6, 6.07) is 8.80. The number of hydrogen-bond acceptors (Lipinski definition) is 5. The number of aromatic amines is 1. The van der Waals surface area contributed by atoms with Crippen molar-refractivity contribution in [3.63, 3.8) is 0 Å². The Morgan fingerprint density at radius 3 is 2.56 bits per heavy atom. The van der Waals surface area contributed by atoms with Gasteiger partial charge in [0.1, 0.15) is 12.3 Å². The number of nitrogens with zero attached hydrogens (tertiary/aromatic N) is 2. The van der Waals surface area contributed by atoms with Crippen molar-refractivity contribution < 1.29 is 13.9 Å². The molecule has 0 bridgehead atoms. The Morgan fingerprint density at radius 1 is 1.28 bits per heavy atom. The fraction of sp³-hybridized carbons (Fsp3) is 0.522. The van der Waals surface area contributed by atoms with E-state index in [1.165, 1.54) is 17.0 Å². The molecule has 0 amide bonds. The summed E-state index contributed by atoms with van der Waals surface area (Å²) in [5.41, 5.74) is 0.203. The minimum absolute atomic E-state index is 0.0147. The summed E-state index contributed by atoms with van der Waals surface area (Å²) in [6.45, 7) is 12.6. The molecule has 2 aromatic rings. The lowest BCUT2D eigenvalue weighted by molar-refractivity contribution is -0.502. The summed E-state index contributed by atoms with van der Waals surface area (Å²) in [7, 11) is -2.07. The second kappa shape index (κ2) is 9.17. The lowest BCUT2D eigenvalue weighted by Crippen LogP contribution is -2.45. The summed E-state index contributed by atoms with van der Waals surface area (Å²) >= 11 is 0. The summed E-state index contributed by atoms with van der Waals surface area (Å²) in [5, 5.41) is 13.1. The SMILES string of the molecule is Cc1cn(C2C[C@@H](/[N+]([O-])=C\c3ccccc3)C(CO[Si](C)(C)C(C)(C)C)O2)c(=O)[nH]c1=O. The van der Waals surface area contributed by atoms with Gasteiger partial charge in [-0.15, -0.1) is 0 Å². The molecule has 1 aliphatic rings. The van der Waals surface area contributed by atoms with E-state index in [0.717, 1.165) is 10.3 Å². The molecule has 1 saturated heterocycles. The van der Waals surface area contributed by atoms with Crippen molar-refractivity contribution in [3.8, 4) is 0 Å². The average Bonchev–Trinajstić information content (AvgIpc) is 3.13. The second-order valence-corrected chi connectivity index (χ2v) is 14.7. The van der Waals surface area contributed by atoms with Gasteiger partial charge in [0.2, 0.25) is 0 Å². The molecule has 1 aromatic heterocycles. The van der Waals surface area contributed by atoms with Crippen LogP contribution < -0.4 is 11.2 Å². The van der Waals surface area contributed by atoms with Crippen molar-refractivity contribution in [2.24, 2.45) is 0 Å². The van der Waals surface area contributed by atoms with Gasteiger partial charge < -0.3 is 14.4 Å². The number of rotatable bonds is 6. The van der Waals surface area contributed by atoms with Gasteiger partial charge in [-0.3, -0.25) is 14.3 Å². The number of hydrogen-bond donors (Lipinski definition) is 1. The van der Waals surface area contributed by atoms with E-state index in [9.17, 15) is 14.8 Å². The van der Waals surface area contributed by atoms with Crippen LogP contribution >= 0.6 is 0 Å². The third-order valence-electron chi connectivity index (χ3n) is 6.48. The van der Waals surface area contributed by atoms with E-state index >= 15 is 0 Å². The maximum atomic E-state index is 13.1. The largest absolute Gasteiger partial charge is 0.624 e. The number of hydroxylamine groups is 1. The monoisotopic (exact) mass is 459 g/mol. The molecule has 9 heteroatoms. The molecule has 174 valence electrons. The van der Waals surface area contributed by atoms with Gasteiger partial charge in [-0.2, -0.15) is 0 Å². The molecule has 0 radical (unpaired) electrons. The van der Waals surface area contributed by atoms with E-state index in [1.807, 2.05) is 30.3 Å². The zero-order chi connectivity index (χ0) is 23.7. The van der Waals surface area contributed by atoms with Crippen molar-refractivity contribution in [1.29, 1.82) is 0 Å². The molecule has 8 nitrogen and oxygen atoms in total. The molecule has 1 N–H and O–H groups in total. The molecule has 1 aliphatic heterocycles. The van der Waals surface area contributed by atoms with Crippen LogP contribution in [0.3, 0.4) is 0 Å². The Morgan fingerprint density at radius 2 is 1.94 bits per heavy atom. The standard InChI is InChI=1S/C23H33N3O5Si/c1-16-13-25(22(28)24-21(16)27)20-12-18(26(29)14-17-10-8-7-9-11-17)19(31-20)15-30-32(5,6)23(2,3)4/h7-11,13-14,18-20H,12,15H2,1-6H3,(H,24,27,28)/b26-14+/t18-,19?,20?/m1/s1. The Bertz CT molecular complexity index is 1090. The summed E-state index contributed by atoms with van der Waals surface area (Å²) in [4.78, 5) is 26.5. The molecule has 0 aliphatic carbocycles. The normalized spacial score (nSPS) is 22.3. The summed E-state index contributed by atoms with van der Waals surface area (Å²) in [5.74, 6) is 0. The zero-order valence-corrected chi connectivity index (χ0v) is 20.6. The first-order valence-corrected chi connectivity index (χ1v) is 13.8. The number of ether oxygens (including phenoxy) is 1. The fourth-order valence-electron chi connectivity index (χ4n) is 3.39. The highest BCUT2D eigenvalue weighted by molar-refractivity contribution is 6.74. The van der Waals surface area contributed by atoms with Crippen LogP contribution in [0.1, 0.15) is 44.5 Å². The minimum Gasteiger partial charge on any atom is -0.624 e. The van der Waals surface area contributed by atoms with Gasteiger partial charge in [0.05, 0.1) is 13.0 Å². The number of benzene rings is 1. The first-order valence-electron chi connectivity index (χ1n) is 10.9. The summed E-state index contributed by atoms with van der Waals surface area (Å²) < 4.78 is 14.8. The third-order valence-corrected chi connectivity index (χ3v) is 11.0. The highest BCUT2D eigenvalue weighted by Crippen LogP contribution is 2.38. The maximum absolute atomic E-state index is 13.1. The van der Waals surface area contributed by atoms with E-state index in [0.29, 0.717) is 12.0 Å². The van der Waals surface area contributed by atoms with Crippen LogP contribution in [0.2, 0.25) is 18.1 Å². The van der Waals surface area contributed by atoms with Gasteiger partial charge in [-0.05, 0) is 37.2 Å². The van der Waals surface area contributed by atoms with Crippen LogP contribution in [-0.4, -0.2) is 47.6 Å². The van der Waals surface area contributed by atoms with Crippen LogP contribution in [0.25, 0.3) is 0 Å². The molecule has 0 spiro atoms. The van der Waals surface area contributed by atoms with E-state index in [4.69, 9.17) is 9.16 Å². The van der Waals surface area contributed by atoms with Crippen molar-refractivity contribution in [3.05, 3.63) is 73.7 Å². The quantitative estimate of drug-likeness (QED) is 0.235. The maximum Gasteiger partial charge on any atom is 0.330 e. The molecule has 1 fully saturated rings. The Balaban J connectivity index is 1.90. The number of aryl methyl sites for hydroxylation is 1. The Hall–Kier alpha value is -2.49. The average molecular weight is 460 g/mol. The molecule has 2 unspecified atom stereocenters. The predicted octanol–water partition coefficient (Wildman–Crippen LogP) is 3.15. The summed E-state index contributed by atoms with van der Waals surface area (Å²) in [6.07, 6.45) is 2.12. The van der Waals surface area contributed by atoms with E-state index in [-0.39, 0.29) is 11.6 Å². The molecule has 3 atom stereocenters. The number of H-pyrrole nitrogens is 1. The smallest absolute Gasteiger partial charge is 0.330 e. The molecule has 32 heavy (non-hydrogen) atoms. The highest BCUT2D eigenvalue weighted by Gasteiger charge is 2.45. The fourth-order valence-corrected chi connectivity index (χ4v) is 4.41. The van der Waals surface area contributed by atoms with E-state index in [2.05, 4.69) is 38.8 Å². The second-order valence-electron chi connectivity index (χ2n) is 9.88. The molecule has 1 aromatic carbocycles. The molecule has 3 rings (SSSR count). The number of aromatic nitrogens is 2. The van der Waals surface area contributed by atoms with Crippen molar-refractivity contribution in [2.45, 2.75) is 70.6 Å². The highest BCUT2D eigenvalue weighted by atomic mass is 28.4. The van der Waals surface area contributed by atoms with Crippen molar-refractivity contribution >= 4 is 14.5 Å². The van der Waals surface area contributed by atoms with Gasteiger partial charge in [-0.25, -0.2) is 9.53 Å². The van der Waals surface area contributed by atoms with Crippen LogP contribution in [-0.2, 0) is 9.16 Å². The molecular weight excluding hydrogens is 426 g/mol. The molecule has 2 heterocycles. The van der Waals surface area contributed by atoms with Crippen LogP contribution in [0.15, 0.2) is 46.1 Å². The third kappa shape index (κ3) is 5.28. The van der Waals surface area contributed by atoms with Gasteiger partial charge in [0.15, 0.2) is 20.6 Å². The Labute approximate surface area is 189 Å². The van der Waals surface area contributed by atoms with Crippen LogP contribution in [0.5, 0.6) is 0 Å². The van der Waals surface area contributed by atoms with Crippen molar-refractivity contribution in [1.82, 2.24) is 9.55 Å². The van der Waals surface area contributed by atoms with E-state index in [1.54, 1.807) is 6.92 Å². The minimum atomic E-state index is -2.07. The van der Waals surface area contributed by atoms with Crippen LogP contribution in [0, 0.1) is 12.1 Å². The first kappa shape index (κ1) is 24.2. The zero-order valence-electron chi connectivity index (χ0n) is 19.6. The predicted molar refractivity (Wildman–Crippen MR) is 127 cm³/mol. The number of nitrogens with one attached hydrogen (secondary N) is 1. The lowest BCUT2D eigenvalue weighted by atomic mass is 10.1. The Kier molecular flexibility index (Phi) is 6.92. The first-order chi connectivity index (χ1) is 14.9. The van der Waals surface area contributed by atoms with Crippen molar-refractivity contribution in [2.75, 3.05) is 6.61 Å². The van der Waals surface area contributed by atoms with Gasteiger partial charge >= 0.3 is 5.69 Å². The topological polar surface area (TPSA) is 99.4 Å². The van der Waals surface area contributed by atoms with Gasteiger partial charge in [-0.1, -0.05) is 39.0 Å². The van der Waals surface area contributed by atoms with Gasteiger partial charge in [0.25, 0.3) is 5.56 Å².